The van der Waals surface area contributed by atoms with Crippen LogP contribution >= 0.6 is 0 Å². The Labute approximate surface area is 107 Å². The molecule has 2 heterocycles. The molecular weight excluding hydrogens is 228 g/mol. The predicted octanol–water partition coefficient (Wildman–Crippen LogP) is 1.23. The third kappa shape index (κ3) is 3.22. The van der Waals surface area contributed by atoms with Gasteiger partial charge >= 0.3 is 0 Å². The van der Waals surface area contributed by atoms with Crippen molar-refractivity contribution in [1.29, 1.82) is 0 Å². The first kappa shape index (κ1) is 12.9. The Morgan fingerprint density at radius 2 is 2.17 bits per heavy atom. The predicted molar refractivity (Wildman–Crippen MR) is 69.3 cm³/mol. The van der Waals surface area contributed by atoms with Gasteiger partial charge in [0.1, 0.15) is 0 Å². The summed E-state index contributed by atoms with van der Waals surface area (Å²) in [4.78, 5) is 0. The molecule has 18 heavy (non-hydrogen) atoms. The lowest BCUT2D eigenvalue weighted by molar-refractivity contribution is 0.465. The van der Waals surface area contributed by atoms with Crippen LogP contribution in [0.2, 0.25) is 0 Å². The fourth-order valence-corrected chi connectivity index (χ4v) is 2.02. The topological polar surface area (TPSA) is 68.0 Å². The molecule has 2 aromatic rings. The van der Waals surface area contributed by atoms with Gasteiger partial charge in [0.2, 0.25) is 0 Å². The number of hydrogen-bond acceptors (Lipinski definition) is 5. The highest BCUT2D eigenvalue weighted by atomic mass is 15.6. The van der Waals surface area contributed by atoms with Gasteiger partial charge in [-0.2, -0.15) is 5.10 Å². The average molecular weight is 248 g/mol. The van der Waals surface area contributed by atoms with Gasteiger partial charge in [0.15, 0.2) is 5.65 Å². The molecular formula is C12H20N6. The Balaban J connectivity index is 2.04. The van der Waals surface area contributed by atoms with Crippen molar-refractivity contribution in [2.24, 2.45) is 0 Å². The fraction of sp³-hybridized carbons (Fsp3) is 0.667. The minimum Gasteiger partial charge on any atom is -0.314 e. The fourth-order valence-electron chi connectivity index (χ4n) is 2.02. The number of rotatable bonds is 7. The molecule has 6 heteroatoms. The van der Waals surface area contributed by atoms with E-state index in [1.807, 2.05) is 12.1 Å². The second-order valence-electron chi connectivity index (χ2n) is 4.50. The normalized spacial score (nSPS) is 13.0. The summed E-state index contributed by atoms with van der Waals surface area (Å²) in [6.07, 6.45) is 4.41. The molecule has 1 unspecified atom stereocenters. The molecule has 0 aromatic carbocycles. The molecule has 2 rings (SSSR count). The molecule has 0 aliphatic heterocycles. The Kier molecular flexibility index (Phi) is 4.58. The first-order chi connectivity index (χ1) is 8.83. The van der Waals surface area contributed by atoms with Gasteiger partial charge in [-0.3, -0.25) is 0 Å². The van der Waals surface area contributed by atoms with Crippen molar-refractivity contribution >= 4 is 5.65 Å². The molecule has 1 N–H and O–H groups in total. The Bertz CT molecular complexity index is 480. The van der Waals surface area contributed by atoms with E-state index in [1.165, 1.54) is 11.1 Å². The van der Waals surface area contributed by atoms with E-state index in [0.717, 1.165) is 31.5 Å². The highest BCUT2D eigenvalue weighted by Gasteiger charge is 2.09. The van der Waals surface area contributed by atoms with Crippen molar-refractivity contribution in [2.75, 3.05) is 6.54 Å². The molecule has 0 saturated carbocycles. The van der Waals surface area contributed by atoms with Crippen molar-refractivity contribution in [1.82, 2.24) is 30.6 Å². The van der Waals surface area contributed by atoms with Crippen LogP contribution < -0.4 is 5.32 Å². The monoisotopic (exact) mass is 248 g/mol. The van der Waals surface area contributed by atoms with Gasteiger partial charge in [-0.15, -0.1) is 9.73 Å². The first-order valence-electron chi connectivity index (χ1n) is 6.61. The molecule has 0 amide bonds. The summed E-state index contributed by atoms with van der Waals surface area (Å²) in [5.74, 6) is 0. The van der Waals surface area contributed by atoms with E-state index >= 15 is 0 Å². The molecule has 0 fully saturated rings. The molecule has 0 aliphatic carbocycles. The minimum atomic E-state index is 0.483. The smallest absolute Gasteiger partial charge is 0.199 e. The zero-order valence-electron chi connectivity index (χ0n) is 11.0. The van der Waals surface area contributed by atoms with E-state index in [-0.39, 0.29) is 0 Å². The van der Waals surface area contributed by atoms with Crippen LogP contribution in [-0.4, -0.2) is 37.8 Å². The quantitative estimate of drug-likeness (QED) is 0.798. The first-order valence-corrected chi connectivity index (χ1v) is 6.61. The van der Waals surface area contributed by atoms with Gasteiger partial charge < -0.3 is 5.32 Å². The summed E-state index contributed by atoms with van der Waals surface area (Å²) in [6.45, 7) is 5.44. The van der Waals surface area contributed by atoms with Crippen LogP contribution in [0.1, 0.15) is 38.8 Å². The van der Waals surface area contributed by atoms with E-state index in [4.69, 9.17) is 0 Å². The number of tetrazole rings is 1. The summed E-state index contributed by atoms with van der Waals surface area (Å²) in [5, 5.41) is 19.2. The summed E-state index contributed by atoms with van der Waals surface area (Å²) in [5.41, 5.74) is 1.71. The molecule has 98 valence electrons. The van der Waals surface area contributed by atoms with Crippen LogP contribution in [-0.2, 0) is 6.42 Å². The third-order valence-electron chi connectivity index (χ3n) is 2.90. The van der Waals surface area contributed by atoms with Gasteiger partial charge in [-0.1, -0.05) is 20.3 Å². The van der Waals surface area contributed by atoms with E-state index in [1.54, 1.807) is 0 Å². The standard InChI is InChI=1S/C12H20N6/c1-3-5-10(13-8-4-2)9-11-6-7-12-14-16-17-18(12)15-11/h6-7,10,13H,3-5,8-9H2,1-2H3. The van der Waals surface area contributed by atoms with E-state index in [9.17, 15) is 0 Å². The summed E-state index contributed by atoms with van der Waals surface area (Å²) < 4.78 is 1.48. The second kappa shape index (κ2) is 6.39. The molecule has 0 saturated heterocycles. The highest BCUT2D eigenvalue weighted by Crippen LogP contribution is 2.06. The lowest BCUT2D eigenvalue weighted by atomic mass is 10.1. The van der Waals surface area contributed by atoms with Crippen molar-refractivity contribution in [3.63, 3.8) is 0 Å². The molecule has 1 atom stereocenters. The third-order valence-corrected chi connectivity index (χ3v) is 2.90. The van der Waals surface area contributed by atoms with Crippen molar-refractivity contribution in [3.05, 3.63) is 17.8 Å². The zero-order chi connectivity index (χ0) is 12.8. The van der Waals surface area contributed by atoms with Gasteiger partial charge in [-0.25, -0.2) is 0 Å². The Hall–Kier alpha value is -1.56. The molecule has 0 bridgehead atoms. The van der Waals surface area contributed by atoms with Crippen LogP contribution in [0, 0.1) is 0 Å². The second-order valence-corrected chi connectivity index (χ2v) is 4.50. The van der Waals surface area contributed by atoms with Crippen LogP contribution in [0.3, 0.4) is 0 Å². The van der Waals surface area contributed by atoms with Gasteiger partial charge in [0, 0.05) is 12.5 Å². The zero-order valence-corrected chi connectivity index (χ0v) is 11.0. The maximum atomic E-state index is 4.41. The lowest BCUT2D eigenvalue weighted by Crippen LogP contribution is -2.32. The summed E-state index contributed by atoms with van der Waals surface area (Å²) in [6, 6.07) is 4.39. The summed E-state index contributed by atoms with van der Waals surface area (Å²) >= 11 is 0. The van der Waals surface area contributed by atoms with Crippen molar-refractivity contribution in [3.8, 4) is 0 Å². The van der Waals surface area contributed by atoms with E-state index in [0.29, 0.717) is 11.7 Å². The molecule has 0 spiro atoms. The van der Waals surface area contributed by atoms with Gasteiger partial charge in [-0.05, 0) is 41.9 Å². The maximum Gasteiger partial charge on any atom is 0.199 e. The molecule has 0 aliphatic rings. The molecule has 2 aromatic heterocycles. The average Bonchev–Trinajstić information content (AvgIpc) is 2.83. The number of hydrogen-bond donors (Lipinski definition) is 1. The lowest BCUT2D eigenvalue weighted by Gasteiger charge is -2.17. The summed E-state index contributed by atoms with van der Waals surface area (Å²) in [7, 11) is 0. The number of aromatic nitrogens is 5. The van der Waals surface area contributed by atoms with Gasteiger partial charge in [0.05, 0.1) is 5.69 Å². The van der Waals surface area contributed by atoms with E-state index < -0.39 is 0 Å². The number of fused-ring (bicyclic) bond motifs is 1. The number of nitrogens with zero attached hydrogens (tertiary/aromatic N) is 5. The largest absolute Gasteiger partial charge is 0.314 e. The maximum absolute atomic E-state index is 4.41. The molecule has 0 radical (unpaired) electrons. The highest BCUT2D eigenvalue weighted by molar-refractivity contribution is 5.32. The van der Waals surface area contributed by atoms with Crippen LogP contribution in [0.15, 0.2) is 12.1 Å². The molecule has 6 nitrogen and oxygen atoms in total. The van der Waals surface area contributed by atoms with Crippen LogP contribution in [0.4, 0.5) is 0 Å². The number of nitrogens with one attached hydrogen (secondary N) is 1. The van der Waals surface area contributed by atoms with Crippen molar-refractivity contribution in [2.45, 2.75) is 45.6 Å². The minimum absolute atomic E-state index is 0.483. The van der Waals surface area contributed by atoms with Crippen LogP contribution in [0.5, 0.6) is 0 Å². The van der Waals surface area contributed by atoms with Gasteiger partial charge in [0.25, 0.3) is 0 Å². The SMILES string of the molecule is CCCNC(CCC)Cc1ccc2nnnn2n1. The van der Waals surface area contributed by atoms with Crippen molar-refractivity contribution < 1.29 is 0 Å². The van der Waals surface area contributed by atoms with Crippen LogP contribution in [0.25, 0.3) is 5.65 Å². The Morgan fingerprint density at radius 3 is 2.94 bits per heavy atom. The van der Waals surface area contributed by atoms with E-state index in [2.05, 4.69) is 39.8 Å². The Morgan fingerprint density at radius 1 is 1.28 bits per heavy atom.